The molecule has 0 aromatic carbocycles. The van der Waals surface area contributed by atoms with Crippen LogP contribution in [-0.4, -0.2) is 32.5 Å². The van der Waals surface area contributed by atoms with Crippen LogP contribution >= 0.6 is 23.1 Å². The first-order valence-corrected chi connectivity index (χ1v) is 7.62. The molecule has 7 heteroatoms. The van der Waals surface area contributed by atoms with Gasteiger partial charge in [-0.25, -0.2) is 9.78 Å². The SMILES string of the molecule is CC1(C(=O)Nc2ncc(/C=C/C(=O)O)s2)CCCS1. The molecule has 0 aliphatic carbocycles. The maximum atomic E-state index is 12.1. The Bertz CT molecular complexity index is 519. The second-order valence-corrected chi connectivity index (χ2v) is 7.04. The van der Waals surface area contributed by atoms with Crippen molar-refractivity contribution in [3.63, 3.8) is 0 Å². The number of amides is 1. The minimum Gasteiger partial charge on any atom is -0.478 e. The zero-order valence-corrected chi connectivity index (χ0v) is 12.0. The maximum absolute atomic E-state index is 12.1. The molecule has 1 saturated heterocycles. The summed E-state index contributed by atoms with van der Waals surface area (Å²) in [6, 6.07) is 0. The highest BCUT2D eigenvalue weighted by atomic mass is 32.2. The summed E-state index contributed by atoms with van der Waals surface area (Å²) in [5.41, 5.74) is 0. The Hall–Kier alpha value is -1.34. The van der Waals surface area contributed by atoms with E-state index in [0.29, 0.717) is 10.0 Å². The van der Waals surface area contributed by atoms with E-state index < -0.39 is 5.97 Å². The molecule has 0 bridgehead atoms. The lowest BCUT2D eigenvalue weighted by Crippen LogP contribution is -2.34. The molecule has 1 aliphatic heterocycles. The summed E-state index contributed by atoms with van der Waals surface area (Å²) >= 11 is 2.92. The molecule has 5 nitrogen and oxygen atoms in total. The zero-order chi connectivity index (χ0) is 13.9. The van der Waals surface area contributed by atoms with Crippen molar-refractivity contribution in [2.45, 2.75) is 24.5 Å². The van der Waals surface area contributed by atoms with Crippen molar-refractivity contribution in [1.82, 2.24) is 4.98 Å². The molecule has 1 amide bonds. The fourth-order valence-electron chi connectivity index (χ4n) is 1.76. The van der Waals surface area contributed by atoms with Crippen molar-refractivity contribution in [1.29, 1.82) is 0 Å². The summed E-state index contributed by atoms with van der Waals surface area (Å²) in [6.07, 6.45) is 5.98. The van der Waals surface area contributed by atoms with Gasteiger partial charge < -0.3 is 10.4 Å². The van der Waals surface area contributed by atoms with Crippen LogP contribution in [-0.2, 0) is 9.59 Å². The number of thioether (sulfide) groups is 1. The van der Waals surface area contributed by atoms with Crippen LogP contribution in [0.15, 0.2) is 12.3 Å². The first-order valence-electron chi connectivity index (χ1n) is 5.82. The number of carbonyl (C=O) groups excluding carboxylic acids is 1. The van der Waals surface area contributed by atoms with Gasteiger partial charge in [0.1, 0.15) is 0 Å². The van der Waals surface area contributed by atoms with Crippen LogP contribution in [0.3, 0.4) is 0 Å². The quantitative estimate of drug-likeness (QED) is 0.835. The Labute approximate surface area is 119 Å². The van der Waals surface area contributed by atoms with Gasteiger partial charge in [-0.15, -0.1) is 11.8 Å². The number of aliphatic carboxylic acids is 1. The third-order valence-corrected chi connectivity index (χ3v) is 5.23. The second-order valence-electron chi connectivity index (χ2n) is 4.38. The molecule has 1 unspecified atom stereocenters. The second kappa shape index (κ2) is 5.75. The first kappa shape index (κ1) is 14.1. The fraction of sp³-hybridized carbons (Fsp3) is 0.417. The van der Waals surface area contributed by atoms with Gasteiger partial charge in [-0.1, -0.05) is 11.3 Å². The standard InChI is InChI=1S/C12H14N2O3S2/c1-12(5-2-6-18-12)10(17)14-11-13-7-8(19-11)3-4-9(15)16/h3-4,7H,2,5-6H2,1H3,(H,15,16)(H,13,14,17)/b4-3+. The Morgan fingerprint density at radius 2 is 2.37 bits per heavy atom. The molecule has 2 heterocycles. The number of nitrogens with one attached hydrogen (secondary N) is 1. The van der Waals surface area contributed by atoms with Crippen molar-refractivity contribution in [2.75, 3.05) is 11.1 Å². The van der Waals surface area contributed by atoms with Crippen molar-refractivity contribution in [3.05, 3.63) is 17.2 Å². The summed E-state index contributed by atoms with van der Waals surface area (Å²) in [5.74, 6) is -0.0269. The fourth-order valence-corrected chi connectivity index (χ4v) is 3.69. The van der Waals surface area contributed by atoms with Gasteiger partial charge in [-0.2, -0.15) is 0 Å². The van der Waals surface area contributed by atoms with Gasteiger partial charge in [0.05, 0.1) is 4.75 Å². The van der Waals surface area contributed by atoms with E-state index in [1.165, 1.54) is 17.4 Å². The molecule has 0 saturated carbocycles. The average molecular weight is 298 g/mol. The molecule has 1 atom stereocenters. The van der Waals surface area contributed by atoms with E-state index >= 15 is 0 Å². The summed E-state index contributed by atoms with van der Waals surface area (Å²) < 4.78 is -0.372. The van der Waals surface area contributed by atoms with E-state index in [1.54, 1.807) is 18.0 Å². The molecular formula is C12H14N2O3S2. The smallest absolute Gasteiger partial charge is 0.328 e. The van der Waals surface area contributed by atoms with Gasteiger partial charge in [0.25, 0.3) is 0 Å². The minimum atomic E-state index is -1.01. The number of hydrogen-bond acceptors (Lipinski definition) is 5. The number of carboxylic acid groups (broad SMARTS) is 1. The van der Waals surface area contributed by atoms with Gasteiger partial charge in [0.2, 0.25) is 5.91 Å². The summed E-state index contributed by atoms with van der Waals surface area (Å²) in [4.78, 5) is 27.3. The third kappa shape index (κ3) is 3.57. The lowest BCUT2D eigenvalue weighted by molar-refractivity contribution is -0.131. The first-order chi connectivity index (χ1) is 8.99. The predicted octanol–water partition coefficient (Wildman–Crippen LogP) is 2.47. The molecule has 102 valence electrons. The molecule has 1 aromatic rings. The van der Waals surface area contributed by atoms with E-state index in [-0.39, 0.29) is 10.7 Å². The lowest BCUT2D eigenvalue weighted by Gasteiger charge is -2.20. The van der Waals surface area contributed by atoms with Gasteiger partial charge >= 0.3 is 5.97 Å². The van der Waals surface area contributed by atoms with Crippen LogP contribution in [0.4, 0.5) is 5.13 Å². The Morgan fingerprint density at radius 3 is 3.00 bits per heavy atom. The van der Waals surface area contributed by atoms with Crippen molar-refractivity contribution in [3.8, 4) is 0 Å². The lowest BCUT2D eigenvalue weighted by atomic mass is 10.1. The van der Waals surface area contributed by atoms with E-state index in [0.717, 1.165) is 24.7 Å². The van der Waals surface area contributed by atoms with Crippen LogP contribution in [0.25, 0.3) is 6.08 Å². The number of thiazole rings is 1. The highest BCUT2D eigenvalue weighted by molar-refractivity contribution is 8.01. The van der Waals surface area contributed by atoms with E-state index in [2.05, 4.69) is 10.3 Å². The number of anilines is 1. The van der Waals surface area contributed by atoms with Crippen LogP contribution in [0.2, 0.25) is 0 Å². The maximum Gasteiger partial charge on any atom is 0.328 e. The van der Waals surface area contributed by atoms with E-state index in [4.69, 9.17) is 5.11 Å². The third-order valence-electron chi connectivity index (χ3n) is 2.83. The number of rotatable bonds is 4. The number of aromatic nitrogens is 1. The summed E-state index contributed by atoms with van der Waals surface area (Å²) in [6.45, 7) is 1.94. The Morgan fingerprint density at radius 1 is 1.58 bits per heavy atom. The highest BCUT2D eigenvalue weighted by Gasteiger charge is 2.37. The molecule has 2 N–H and O–H groups in total. The van der Waals surface area contributed by atoms with Crippen LogP contribution in [0, 0.1) is 0 Å². The van der Waals surface area contributed by atoms with Crippen molar-refractivity contribution in [2.24, 2.45) is 0 Å². The number of nitrogens with zero attached hydrogens (tertiary/aromatic N) is 1. The predicted molar refractivity (Wildman–Crippen MR) is 77.5 cm³/mol. The minimum absolute atomic E-state index is 0.0295. The summed E-state index contributed by atoms with van der Waals surface area (Å²) in [5, 5.41) is 11.8. The van der Waals surface area contributed by atoms with Gasteiger partial charge in [-0.3, -0.25) is 4.79 Å². The number of hydrogen-bond donors (Lipinski definition) is 2. The molecule has 0 spiro atoms. The monoisotopic (exact) mass is 298 g/mol. The van der Waals surface area contributed by atoms with E-state index in [1.807, 2.05) is 6.92 Å². The highest BCUT2D eigenvalue weighted by Crippen LogP contribution is 2.38. The number of carboxylic acids is 1. The van der Waals surface area contributed by atoms with Crippen LogP contribution < -0.4 is 5.32 Å². The van der Waals surface area contributed by atoms with Gasteiger partial charge in [0.15, 0.2) is 5.13 Å². The normalized spacial score (nSPS) is 22.8. The van der Waals surface area contributed by atoms with Gasteiger partial charge in [0, 0.05) is 17.2 Å². The Kier molecular flexibility index (Phi) is 4.26. The van der Waals surface area contributed by atoms with Crippen LogP contribution in [0.5, 0.6) is 0 Å². The molecule has 0 radical (unpaired) electrons. The Balaban J connectivity index is 2.00. The van der Waals surface area contributed by atoms with Crippen molar-refractivity contribution < 1.29 is 14.7 Å². The zero-order valence-electron chi connectivity index (χ0n) is 10.4. The summed E-state index contributed by atoms with van der Waals surface area (Å²) in [7, 11) is 0. The molecule has 1 aliphatic rings. The largest absolute Gasteiger partial charge is 0.478 e. The molecule has 1 fully saturated rings. The molecule has 19 heavy (non-hydrogen) atoms. The average Bonchev–Trinajstić information content (AvgIpc) is 2.97. The van der Waals surface area contributed by atoms with Gasteiger partial charge in [-0.05, 0) is 31.6 Å². The van der Waals surface area contributed by atoms with E-state index in [9.17, 15) is 9.59 Å². The molecule has 1 aromatic heterocycles. The molecule has 2 rings (SSSR count). The van der Waals surface area contributed by atoms with Crippen LogP contribution in [0.1, 0.15) is 24.6 Å². The topological polar surface area (TPSA) is 79.3 Å². The van der Waals surface area contributed by atoms with Crippen molar-refractivity contribution >= 4 is 46.2 Å². The number of carbonyl (C=O) groups is 2. The molecular weight excluding hydrogens is 284 g/mol.